The molecule has 0 N–H and O–H groups in total. The van der Waals surface area contributed by atoms with Crippen LogP contribution in [0.2, 0.25) is 0 Å². The van der Waals surface area contributed by atoms with Crippen LogP contribution in [0, 0.1) is 5.82 Å². The maximum atomic E-state index is 13.0. The molecule has 0 radical (unpaired) electrons. The van der Waals surface area contributed by atoms with Crippen molar-refractivity contribution in [1.29, 1.82) is 0 Å². The van der Waals surface area contributed by atoms with Crippen LogP contribution in [0.4, 0.5) is 4.39 Å². The summed E-state index contributed by atoms with van der Waals surface area (Å²) in [6.45, 7) is 3.67. The molecule has 0 saturated heterocycles. The average molecular weight is 479 g/mol. The van der Waals surface area contributed by atoms with E-state index in [1.54, 1.807) is 38.1 Å². The van der Waals surface area contributed by atoms with Crippen LogP contribution in [0.25, 0.3) is 10.2 Å². The molecule has 6 nitrogen and oxygen atoms in total. The van der Waals surface area contributed by atoms with Crippen LogP contribution in [0.5, 0.6) is 11.5 Å². The number of halogens is 1. The van der Waals surface area contributed by atoms with Crippen LogP contribution in [-0.2, 0) is 16.1 Å². The summed E-state index contributed by atoms with van der Waals surface area (Å²) in [5.74, 6) is 1.60. The number of methoxy groups -OCH3 is 2. The molecule has 0 unspecified atom stereocenters. The number of hydrogen-bond acceptors (Lipinski definition) is 6. The van der Waals surface area contributed by atoms with E-state index in [0.717, 1.165) is 20.9 Å². The molecule has 0 aliphatic rings. The monoisotopic (exact) mass is 478 g/mol. The average Bonchev–Trinajstić information content (AvgIpc) is 3.12. The van der Waals surface area contributed by atoms with Crippen molar-refractivity contribution in [2.75, 3.05) is 33.2 Å². The predicted molar refractivity (Wildman–Crippen MR) is 126 cm³/mol. The number of carbonyl (C=O) groups excluding carboxylic acids is 1. The van der Waals surface area contributed by atoms with Crippen LogP contribution >= 0.6 is 23.1 Å². The molecular weight excluding hydrogens is 451 g/mol. The minimum Gasteiger partial charge on any atom is -0.493 e. The molecule has 0 fully saturated rings. The molecule has 0 aliphatic carbocycles. The molecular formula is C23H27FN2O4S2. The van der Waals surface area contributed by atoms with Crippen molar-refractivity contribution in [3.05, 3.63) is 47.0 Å². The second-order valence-corrected chi connectivity index (χ2v) is 9.00. The fourth-order valence-electron chi connectivity index (χ4n) is 3.11. The van der Waals surface area contributed by atoms with Gasteiger partial charge in [-0.25, -0.2) is 4.39 Å². The van der Waals surface area contributed by atoms with Crippen molar-refractivity contribution >= 4 is 39.2 Å². The molecule has 2 aromatic carbocycles. The van der Waals surface area contributed by atoms with Gasteiger partial charge in [-0.1, -0.05) is 11.3 Å². The fourth-order valence-corrected chi connectivity index (χ4v) is 5.04. The highest BCUT2D eigenvalue weighted by atomic mass is 32.2. The molecule has 1 heterocycles. The topological polar surface area (TPSA) is 62.1 Å². The van der Waals surface area contributed by atoms with Crippen LogP contribution in [0.3, 0.4) is 0 Å². The molecule has 0 aliphatic heterocycles. The first-order valence-corrected chi connectivity index (χ1v) is 12.1. The number of nitrogens with zero attached hydrogens (tertiary/aromatic N) is 2. The first-order chi connectivity index (χ1) is 15.5. The molecule has 172 valence electrons. The third-order valence-corrected chi connectivity index (χ3v) is 6.83. The molecule has 0 bridgehead atoms. The molecule has 3 aromatic rings. The largest absolute Gasteiger partial charge is 0.493 e. The van der Waals surface area contributed by atoms with Crippen molar-refractivity contribution in [3.8, 4) is 11.5 Å². The maximum Gasteiger partial charge on any atom is 0.248 e. The number of benzene rings is 2. The number of amides is 1. The van der Waals surface area contributed by atoms with Gasteiger partial charge in [-0.05, 0) is 43.4 Å². The number of aromatic nitrogens is 1. The smallest absolute Gasteiger partial charge is 0.248 e. The number of thioether (sulfide) groups is 1. The van der Waals surface area contributed by atoms with E-state index >= 15 is 0 Å². The van der Waals surface area contributed by atoms with Gasteiger partial charge in [0.2, 0.25) is 5.91 Å². The van der Waals surface area contributed by atoms with Gasteiger partial charge in [0.05, 0.1) is 31.0 Å². The number of thiazole rings is 1. The van der Waals surface area contributed by atoms with Crippen molar-refractivity contribution in [1.82, 2.24) is 4.57 Å². The summed E-state index contributed by atoms with van der Waals surface area (Å²) in [4.78, 5) is 18.6. The Balaban J connectivity index is 1.75. The minimum atomic E-state index is -0.250. The molecule has 0 atom stereocenters. The van der Waals surface area contributed by atoms with Gasteiger partial charge in [0.25, 0.3) is 0 Å². The highest BCUT2D eigenvalue weighted by Crippen LogP contribution is 2.33. The van der Waals surface area contributed by atoms with Gasteiger partial charge in [-0.3, -0.25) is 4.79 Å². The second-order valence-electron chi connectivity index (χ2n) is 6.82. The van der Waals surface area contributed by atoms with Crippen LogP contribution in [-0.4, -0.2) is 43.7 Å². The Labute approximate surface area is 195 Å². The zero-order valence-corrected chi connectivity index (χ0v) is 20.1. The molecule has 3 rings (SSSR count). The highest BCUT2D eigenvalue weighted by molar-refractivity contribution is 7.99. The molecule has 1 aromatic heterocycles. The summed E-state index contributed by atoms with van der Waals surface area (Å²) in [5, 5.41) is 0. The summed E-state index contributed by atoms with van der Waals surface area (Å²) in [6, 6.07) is 10.2. The second kappa shape index (κ2) is 12.0. The highest BCUT2D eigenvalue weighted by Gasteiger charge is 2.13. The summed E-state index contributed by atoms with van der Waals surface area (Å²) < 4.78 is 32.3. The lowest BCUT2D eigenvalue weighted by Gasteiger charge is -2.09. The maximum absolute atomic E-state index is 13.0. The fraction of sp³-hybridized carbons (Fsp3) is 0.391. The Morgan fingerprint density at radius 2 is 1.88 bits per heavy atom. The third kappa shape index (κ3) is 6.34. The Morgan fingerprint density at radius 3 is 2.56 bits per heavy atom. The molecule has 32 heavy (non-hydrogen) atoms. The van der Waals surface area contributed by atoms with E-state index in [4.69, 9.17) is 14.2 Å². The predicted octanol–water partition coefficient (Wildman–Crippen LogP) is 4.90. The van der Waals surface area contributed by atoms with E-state index < -0.39 is 0 Å². The lowest BCUT2D eigenvalue weighted by molar-refractivity contribution is -0.118. The molecule has 0 spiro atoms. The Morgan fingerprint density at radius 1 is 1.16 bits per heavy atom. The van der Waals surface area contributed by atoms with Gasteiger partial charge in [0.15, 0.2) is 16.3 Å². The SMILES string of the molecule is CCOCCn1c(=NC(=O)CCCSc2ccc(F)cc2)sc2cc(OC)c(OC)cc21. The number of ether oxygens (including phenoxy) is 3. The van der Waals surface area contributed by atoms with Crippen LogP contribution < -0.4 is 14.3 Å². The van der Waals surface area contributed by atoms with Gasteiger partial charge < -0.3 is 18.8 Å². The van der Waals surface area contributed by atoms with Gasteiger partial charge in [-0.2, -0.15) is 4.99 Å². The Kier molecular flexibility index (Phi) is 9.13. The third-order valence-electron chi connectivity index (χ3n) is 4.69. The van der Waals surface area contributed by atoms with E-state index in [0.29, 0.717) is 48.9 Å². The number of hydrogen-bond donors (Lipinski definition) is 0. The minimum absolute atomic E-state index is 0.166. The first-order valence-electron chi connectivity index (χ1n) is 10.3. The Bertz CT molecular complexity index is 1110. The van der Waals surface area contributed by atoms with Gasteiger partial charge in [0.1, 0.15) is 5.82 Å². The van der Waals surface area contributed by atoms with Crippen LogP contribution in [0.1, 0.15) is 19.8 Å². The number of rotatable bonds is 11. The number of carbonyl (C=O) groups is 1. The standard InChI is InChI=1S/C23H27FN2O4S2/c1-4-30-12-11-26-18-14-19(28-2)20(29-3)15-21(18)32-23(26)25-22(27)6-5-13-31-17-9-7-16(24)8-10-17/h7-10,14-15H,4-6,11-13H2,1-3H3. The van der Waals surface area contributed by atoms with E-state index in [-0.39, 0.29) is 11.7 Å². The van der Waals surface area contributed by atoms with E-state index in [9.17, 15) is 9.18 Å². The first kappa shape index (κ1) is 24.3. The zero-order chi connectivity index (χ0) is 22.9. The van der Waals surface area contributed by atoms with E-state index in [1.165, 1.54) is 23.5 Å². The number of fused-ring (bicyclic) bond motifs is 1. The summed E-state index contributed by atoms with van der Waals surface area (Å²) in [6.07, 6.45) is 1.04. The molecule has 9 heteroatoms. The normalized spacial score (nSPS) is 11.8. The summed E-state index contributed by atoms with van der Waals surface area (Å²) in [5.41, 5.74) is 0.922. The van der Waals surface area contributed by atoms with Gasteiger partial charge in [0, 0.05) is 36.6 Å². The van der Waals surface area contributed by atoms with Crippen molar-refractivity contribution in [2.45, 2.75) is 31.2 Å². The summed E-state index contributed by atoms with van der Waals surface area (Å²) >= 11 is 3.04. The van der Waals surface area contributed by atoms with Crippen molar-refractivity contribution in [3.63, 3.8) is 0 Å². The van der Waals surface area contributed by atoms with E-state index in [2.05, 4.69) is 4.99 Å². The zero-order valence-electron chi connectivity index (χ0n) is 18.4. The van der Waals surface area contributed by atoms with Crippen molar-refractivity contribution < 1.29 is 23.4 Å². The lowest BCUT2D eigenvalue weighted by atomic mass is 10.3. The Hall–Kier alpha value is -2.36. The quantitative estimate of drug-likeness (QED) is 0.290. The van der Waals surface area contributed by atoms with Crippen molar-refractivity contribution in [2.24, 2.45) is 4.99 Å². The molecule has 0 saturated carbocycles. The van der Waals surface area contributed by atoms with Gasteiger partial charge in [-0.15, -0.1) is 11.8 Å². The van der Waals surface area contributed by atoms with Gasteiger partial charge >= 0.3 is 0 Å². The van der Waals surface area contributed by atoms with Crippen LogP contribution in [0.15, 0.2) is 46.3 Å². The lowest BCUT2D eigenvalue weighted by Crippen LogP contribution is -2.19. The molecule has 1 amide bonds. The summed E-state index contributed by atoms with van der Waals surface area (Å²) in [7, 11) is 3.19. The van der Waals surface area contributed by atoms with E-state index in [1.807, 2.05) is 23.6 Å².